The Morgan fingerprint density at radius 1 is 1.03 bits per heavy atom. The highest BCUT2D eigenvalue weighted by Crippen LogP contribution is 2.37. The number of ketones is 1. The molecule has 1 aliphatic rings. The zero-order valence-corrected chi connectivity index (χ0v) is 19.0. The molecule has 11 nitrogen and oxygen atoms in total. The molecule has 0 bridgehead atoms. The molecule has 1 fully saturated rings. The first-order valence-electron chi connectivity index (χ1n) is 11.0. The van der Waals surface area contributed by atoms with Gasteiger partial charge in [0, 0.05) is 18.4 Å². The summed E-state index contributed by atoms with van der Waals surface area (Å²) in [7, 11) is 0. The fourth-order valence-corrected chi connectivity index (χ4v) is 4.20. The monoisotopic (exact) mass is 500 g/mol. The zero-order valence-electron chi connectivity index (χ0n) is 19.0. The van der Waals surface area contributed by atoms with Gasteiger partial charge in [0.25, 0.3) is 0 Å². The molecule has 0 aliphatic carbocycles. The minimum absolute atomic E-state index is 0.0368. The number of fused-ring (bicyclic) bond motifs is 1. The van der Waals surface area contributed by atoms with E-state index in [-0.39, 0.29) is 40.2 Å². The van der Waals surface area contributed by atoms with Crippen molar-refractivity contribution >= 4 is 22.7 Å². The first-order chi connectivity index (χ1) is 17.1. The molecule has 190 valence electrons. The van der Waals surface area contributed by atoms with Crippen LogP contribution >= 0.6 is 0 Å². The van der Waals surface area contributed by atoms with Gasteiger partial charge >= 0.3 is 11.6 Å². The number of aliphatic hydroxyl groups is 3. The van der Waals surface area contributed by atoms with Crippen molar-refractivity contribution in [3.8, 4) is 11.5 Å². The summed E-state index contributed by atoms with van der Waals surface area (Å²) in [6.07, 6.45) is -9.08. The van der Waals surface area contributed by atoms with Crippen LogP contribution in [0.4, 0.5) is 0 Å². The van der Waals surface area contributed by atoms with Gasteiger partial charge in [0.05, 0.1) is 10.9 Å². The first-order valence-corrected chi connectivity index (χ1v) is 11.0. The highest BCUT2D eigenvalue weighted by Gasteiger charge is 2.48. The zero-order chi connectivity index (χ0) is 26.1. The third-order valence-corrected chi connectivity index (χ3v) is 5.99. The van der Waals surface area contributed by atoms with Gasteiger partial charge in [0.15, 0.2) is 6.10 Å². The summed E-state index contributed by atoms with van der Waals surface area (Å²) in [5.74, 6) is -2.92. The quantitative estimate of drug-likeness (QED) is 0.290. The van der Waals surface area contributed by atoms with Gasteiger partial charge in [-0.25, -0.2) is 9.59 Å². The Balaban J connectivity index is 1.70. The molecule has 2 aromatic carbocycles. The fraction of sp³-hybridized carbons (Fsp3) is 0.320. The van der Waals surface area contributed by atoms with Gasteiger partial charge in [-0.3, -0.25) is 4.79 Å². The first kappa shape index (κ1) is 25.3. The summed E-state index contributed by atoms with van der Waals surface area (Å²) < 4.78 is 16.0. The number of carbonyl (C=O) groups is 2. The third kappa shape index (κ3) is 4.82. The molecule has 4 rings (SSSR count). The van der Waals surface area contributed by atoms with Crippen LogP contribution in [-0.4, -0.2) is 68.0 Å². The summed E-state index contributed by atoms with van der Waals surface area (Å²) in [5.41, 5.74) is -0.392. The molecule has 2 heterocycles. The number of hydrogen-bond acceptors (Lipinski definition) is 10. The number of aromatic hydroxyl groups is 1. The Bertz CT molecular complexity index is 1330. The second-order valence-electron chi connectivity index (χ2n) is 8.53. The molecule has 1 aromatic heterocycles. The van der Waals surface area contributed by atoms with E-state index >= 15 is 0 Å². The number of ether oxygens (including phenoxy) is 2. The lowest BCUT2D eigenvalue weighted by atomic mass is 9.87. The van der Waals surface area contributed by atoms with E-state index in [0.29, 0.717) is 5.56 Å². The van der Waals surface area contributed by atoms with Gasteiger partial charge in [-0.05, 0) is 24.6 Å². The lowest BCUT2D eigenvalue weighted by Gasteiger charge is -2.38. The van der Waals surface area contributed by atoms with Crippen molar-refractivity contribution < 1.29 is 49.0 Å². The van der Waals surface area contributed by atoms with Gasteiger partial charge in [-0.2, -0.15) is 0 Å². The average molecular weight is 500 g/mol. The molecule has 11 heteroatoms. The normalized spacial score (nSPS) is 24.8. The van der Waals surface area contributed by atoms with Crippen molar-refractivity contribution in [1.82, 2.24) is 0 Å². The topological polar surface area (TPSA) is 184 Å². The van der Waals surface area contributed by atoms with Gasteiger partial charge in [0.1, 0.15) is 41.2 Å². The molecule has 0 saturated carbocycles. The van der Waals surface area contributed by atoms with Crippen LogP contribution in [0.3, 0.4) is 0 Å². The number of hydrogen-bond donors (Lipinski definition) is 5. The van der Waals surface area contributed by atoms with E-state index < -0.39 is 48.2 Å². The maximum absolute atomic E-state index is 12.9. The Kier molecular flexibility index (Phi) is 7.09. The Morgan fingerprint density at radius 2 is 1.72 bits per heavy atom. The summed E-state index contributed by atoms with van der Waals surface area (Å²) in [6.45, 7) is 1.38. The van der Waals surface area contributed by atoms with Crippen molar-refractivity contribution in [2.24, 2.45) is 0 Å². The summed E-state index contributed by atoms with van der Waals surface area (Å²) >= 11 is 0. The molecule has 1 aliphatic heterocycles. The molecule has 3 aromatic rings. The molecule has 0 spiro atoms. The van der Waals surface area contributed by atoms with Crippen molar-refractivity contribution in [3.05, 3.63) is 70.1 Å². The number of rotatable bonds is 7. The van der Waals surface area contributed by atoms with E-state index in [4.69, 9.17) is 13.9 Å². The van der Waals surface area contributed by atoms with Crippen molar-refractivity contribution in [2.75, 3.05) is 0 Å². The maximum Gasteiger partial charge on any atom is 0.343 e. The van der Waals surface area contributed by atoms with Gasteiger partial charge in [0.2, 0.25) is 6.29 Å². The van der Waals surface area contributed by atoms with E-state index in [1.807, 2.05) is 0 Å². The molecule has 0 radical (unpaired) electrons. The fourth-order valence-electron chi connectivity index (χ4n) is 4.20. The SMILES string of the molecule is CC(=O)C[C@H](c1ccccc1)c1c(O)c2ccc(O[C@@H]3O[C@H](C(=O)O)[C@@H](O)[C@H](O)[C@H]3O)cc2oc1=O. The number of Topliss-reactive ketones (excluding diaryl/α,β-unsaturated/α-hetero) is 1. The lowest BCUT2D eigenvalue weighted by Crippen LogP contribution is -2.61. The van der Waals surface area contributed by atoms with Crippen molar-refractivity contribution in [3.63, 3.8) is 0 Å². The van der Waals surface area contributed by atoms with E-state index in [1.165, 1.54) is 25.1 Å². The van der Waals surface area contributed by atoms with Crippen LogP contribution in [0.2, 0.25) is 0 Å². The van der Waals surface area contributed by atoms with Crippen LogP contribution in [0, 0.1) is 0 Å². The van der Waals surface area contributed by atoms with E-state index in [9.17, 15) is 39.9 Å². The summed E-state index contributed by atoms with van der Waals surface area (Å²) in [4.78, 5) is 36.1. The molecular weight excluding hydrogens is 476 g/mol. The van der Waals surface area contributed by atoms with Crippen molar-refractivity contribution in [2.45, 2.75) is 50.0 Å². The Labute approximate surface area is 203 Å². The van der Waals surface area contributed by atoms with Crippen LogP contribution in [0.15, 0.2) is 57.7 Å². The number of benzene rings is 2. The van der Waals surface area contributed by atoms with E-state index in [1.54, 1.807) is 30.3 Å². The van der Waals surface area contributed by atoms with E-state index in [2.05, 4.69) is 0 Å². The number of carboxylic acid groups (broad SMARTS) is 1. The van der Waals surface area contributed by atoms with Crippen LogP contribution in [0.1, 0.15) is 30.4 Å². The van der Waals surface area contributed by atoms with Crippen LogP contribution in [0.25, 0.3) is 11.0 Å². The third-order valence-electron chi connectivity index (χ3n) is 5.99. The molecule has 0 amide bonds. The van der Waals surface area contributed by atoms with Crippen molar-refractivity contribution in [1.29, 1.82) is 0 Å². The standard InChI is InChI=1S/C25H24O11/c1-11(26)9-15(12-5-3-2-4-6-12)17-18(27)14-8-7-13(10-16(14)35-24(17)33)34-25-21(30)19(28)20(29)22(36-25)23(31)32/h2-8,10,15,19-22,25,27-30H,9H2,1H3,(H,31,32)/t15-,19+,20+,21-,22+,25-/m1/s1. The van der Waals surface area contributed by atoms with Gasteiger partial charge < -0.3 is 39.4 Å². The minimum atomic E-state index is -1.88. The molecule has 0 unspecified atom stereocenters. The largest absolute Gasteiger partial charge is 0.507 e. The number of aliphatic hydroxyl groups excluding tert-OH is 3. The predicted octanol–water partition coefficient (Wildman–Crippen LogP) is 0.881. The van der Waals surface area contributed by atoms with Crippen LogP contribution < -0.4 is 10.4 Å². The Hall–Kier alpha value is -3.77. The number of carbonyl (C=O) groups excluding carboxylic acids is 1. The smallest absolute Gasteiger partial charge is 0.343 e. The highest BCUT2D eigenvalue weighted by atomic mass is 16.7. The van der Waals surface area contributed by atoms with Crippen LogP contribution in [0.5, 0.6) is 11.5 Å². The lowest BCUT2D eigenvalue weighted by molar-refractivity contribution is -0.271. The van der Waals surface area contributed by atoms with Gasteiger partial charge in [-0.1, -0.05) is 30.3 Å². The highest BCUT2D eigenvalue weighted by molar-refractivity contribution is 5.86. The molecule has 1 saturated heterocycles. The van der Waals surface area contributed by atoms with Crippen LogP contribution in [-0.2, 0) is 14.3 Å². The molecule has 6 atom stereocenters. The summed E-state index contributed by atoms with van der Waals surface area (Å²) in [5, 5.41) is 50.2. The number of carboxylic acids is 1. The van der Waals surface area contributed by atoms with Gasteiger partial charge in [-0.15, -0.1) is 0 Å². The number of aliphatic carboxylic acids is 1. The molecule has 36 heavy (non-hydrogen) atoms. The maximum atomic E-state index is 12.9. The average Bonchev–Trinajstić information content (AvgIpc) is 2.83. The van der Waals surface area contributed by atoms with E-state index in [0.717, 1.165) is 0 Å². The molecule has 5 N–H and O–H groups in total. The summed E-state index contributed by atoms with van der Waals surface area (Å²) in [6, 6.07) is 12.7. The second kappa shape index (κ2) is 10.1. The second-order valence-corrected chi connectivity index (χ2v) is 8.53. The Morgan fingerprint density at radius 3 is 2.36 bits per heavy atom. The molecular formula is C25H24O11. The minimum Gasteiger partial charge on any atom is -0.507 e. The predicted molar refractivity (Wildman–Crippen MR) is 123 cm³/mol.